The number of hydrogen-bond acceptors (Lipinski definition) is 2. The van der Waals surface area contributed by atoms with Crippen molar-refractivity contribution in [2.45, 2.75) is 0 Å². The van der Waals surface area contributed by atoms with Crippen molar-refractivity contribution in [3.63, 3.8) is 0 Å². The SMILES string of the molecule is C=CC(=O)NCN(C=Cc1ccccc1)C=Cc1ccccc1. The second-order valence-corrected chi connectivity index (χ2v) is 4.87. The van der Waals surface area contributed by atoms with Gasteiger partial charge in [-0.1, -0.05) is 67.2 Å². The maximum Gasteiger partial charge on any atom is 0.244 e. The minimum atomic E-state index is -0.198. The lowest BCUT2D eigenvalue weighted by Crippen LogP contribution is -2.30. The lowest BCUT2D eigenvalue weighted by Gasteiger charge is -2.16. The lowest BCUT2D eigenvalue weighted by molar-refractivity contribution is -0.116. The van der Waals surface area contributed by atoms with Crippen LogP contribution in [0.3, 0.4) is 0 Å². The molecule has 0 aliphatic rings. The van der Waals surface area contributed by atoms with Gasteiger partial charge in [-0.25, -0.2) is 0 Å². The average molecular weight is 304 g/mol. The van der Waals surface area contributed by atoms with Gasteiger partial charge in [0.2, 0.25) is 5.91 Å². The molecule has 116 valence electrons. The molecule has 1 N–H and O–H groups in total. The zero-order valence-electron chi connectivity index (χ0n) is 12.9. The van der Waals surface area contributed by atoms with E-state index in [1.807, 2.05) is 90.1 Å². The first-order chi connectivity index (χ1) is 11.3. The highest BCUT2D eigenvalue weighted by Gasteiger charge is 1.97. The van der Waals surface area contributed by atoms with Gasteiger partial charge in [0.15, 0.2) is 0 Å². The Hall–Kier alpha value is -3.07. The Morgan fingerprint density at radius 2 is 1.39 bits per heavy atom. The van der Waals surface area contributed by atoms with Gasteiger partial charge in [0.1, 0.15) is 0 Å². The summed E-state index contributed by atoms with van der Waals surface area (Å²) in [5.41, 5.74) is 2.20. The van der Waals surface area contributed by atoms with Crippen molar-refractivity contribution in [1.29, 1.82) is 0 Å². The third-order valence-electron chi connectivity index (χ3n) is 3.14. The maximum atomic E-state index is 11.4. The van der Waals surface area contributed by atoms with Crippen LogP contribution in [0.4, 0.5) is 0 Å². The Kier molecular flexibility index (Phi) is 6.42. The Morgan fingerprint density at radius 1 is 0.913 bits per heavy atom. The summed E-state index contributed by atoms with van der Waals surface area (Å²) in [6.45, 7) is 3.83. The molecule has 0 saturated heterocycles. The molecular formula is C20H20N2O. The molecule has 2 aromatic rings. The second-order valence-electron chi connectivity index (χ2n) is 4.87. The fraction of sp³-hybridized carbons (Fsp3) is 0.0500. The molecule has 2 rings (SSSR count). The number of rotatable bonds is 7. The van der Waals surface area contributed by atoms with E-state index in [1.54, 1.807) is 0 Å². The van der Waals surface area contributed by atoms with Gasteiger partial charge in [0.05, 0.1) is 6.67 Å². The van der Waals surface area contributed by atoms with Gasteiger partial charge in [-0.15, -0.1) is 0 Å². The molecule has 0 heterocycles. The Bertz CT molecular complexity index is 626. The monoisotopic (exact) mass is 304 g/mol. The number of nitrogens with zero attached hydrogens (tertiary/aromatic N) is 1. The molecule has 3 heteroatoms. The van der Waals surface area contributed by atoms with E-state index >= 15 is 0 Å². The largest absolute Gasteiger partial charge is 0.336 e. The number of hydrogen-bond donors (Lipinski definition) is 1. The summed E-state index contributed by atoms with van der Waals surface area (Å²) in [6, 6.07) is 20.0. The van der Waals surface area contributed by atoms with Crippen molar-refractivity contribution < 1.29 is 4.79 Å². The average Bonchev–Trinajstić information content (AvgIpc) is 2.62. The van der Waals surface area contributed by atoms with Crippen LogP contribution in [-0.4, -0.2) is 17.5 Å². The third kappa shape index (κ3) is 6.06. The first kappa shape index (κ1) is 16.3. The molecule has 2 aromatic carbocycles. The summed E-state index contributed by atoms with van der Waals surface area (Å²) < 4.78 is 0. The second kappa shape index (κ2) is 9.05. The maximum absolute atomic E-state index is 11.4. The predicted molar refractivity (Wildman–Crippen MR) is 96.0 cm³/mol. The van der Waals surface area contributed by atoms with Gasteiger partial charge in [-0.05, 0) is 29.4 Å². The van der Waals surface area contributed by atoms with Crippen LogP contribution >= 0.6 is 0 Å². The summed E-state index contributed by atoms with van der Waals surface area (Å²) in [6.07, 6.45) is 9.11. The van der Waals surface area contributed by atoms with Crippen LogP contribution < -0.4 is 5.32 Å². The third-order valence-corrected chi connectivity index (χ3v) is 3.14. The van der Waals surface area contributed by atoms with E-state index in [4.69, 9.17) is 0 Å². The van der Waals surface area contributed by atoms with Crippen molar-refractivity contribution in [3.8, 4) is 0 Å². The van der Waals surface area contributed by atoms with E-state index in [0.29, 0.717) is 6.67 Å². The molecule has 3 nitrogen and oxygen atoms in total. The first-order valence-corrected chi connectivity index (χ1v) is 7.40. The molecule has 0 radical (unpaired) electrons. The van der Waals surface area contributed by atoms with Crippen molar-refractivity contribution in [3.05, 3.63) is 96.8 Å². The summed E-state index contributed by atoms with van der Waals surface area (Å²) in [5.74, 6) is -0.198. The molecule has 0 bridgehead atoms. The van der Waals surface area contributed by atoms with Crippen LogP contribution in [0.25, 0.3) is 12.2 Å². The molecule has 0 aromatic heterocycles. The summed E-state index contributed by atoms with van der Waals surface area (Å²) >= 11 is 0. The highest BCUT2D eigenvalue weighted by atomic mass is 16.1. The Morgan fingerprint density at radius 3 is 1.83 bits per heavy atom. The van der Waals surface area contributed by atoms with Crippen LogP contribution in [0.2, 0.25) is 0 Å². The standard InChI is InChI=1S/C20H20N2O/c1-2-20(23)21-17-22(15-13-18-9-5-3-6-10-18)16-14-19-11-7-4-8-12-19/h2-16H,1,17H2,(H,21,23). The van der Waals surface area contributed by atoms with Crippen LogP contribution in [0.1, 0.15) is 11.1 Å². The highest BCUT2D eigenvalue weighted by Crippen LogP contribution is 2.05. The van der Waals surface area contributed by atoms with Crippen molar-refractivity contribution in [2.75, 3.05) is 6.67 Å². The van der Waals surface area contributed by atoms with Crippen LogP contribution in [0, 0.1) is 0 Å². The zero-order chi connectivity index (χ0) is 16.3. The predicted octanol–water partition coefficient (Wildman–Crippen LogP) is 3.89. The van der Waals surface area contributed by atoms with E-state index in [9.17, 15) is 4.79 Å². The first-order valence-electron chi connectivity index (χ1n) is 7.40. The minimum Gasteiger partial charge on any atom is -0.336 e. The molecule has 0 fully saturated rings. The normalized spacial score (nSPS) is 10.8. The van der Waals surface area contributed by atoms with Gasteiger partial charge in [0.25, 0.3) is 0 Å². The molecule has 0 saturated carbocycles. The topological polar surface area (TPSA) is 32.3 Å². The Labute approximate surface area is 137 Å². The van der Waals surface area contributed by atoms with E-state index in [0.717, 1.165) is 11.1 Å². The molecule has 23 heavy (non-hydrogen) atoms. The quantitative estimate of drug-likeness (QED) is 0.622. The lowest BCUT2D eigenvalue weighted by atomic mass is 10.2. The van der Waals surface area contributed by atoms with Gasteiger partial charge >= 0.3 is 0 Å². The van der Waals surface area contributed by atoms with Gasteiger partial charge in [-0.3, -0.25) is 4.79 Å². The number of nitrogens with one attached hydrogen (secondary N) is 1. The molecule has 0 spiro atoms. The van der Waals surface area contributed by atoms with E-state index in [1.165, 1.54) is 6.08 Å². The fourth-order valence-corrected chi connectivity index (χ4v) is 1.89. The van der Waals surface area contributed by atoms with Crippen LogP contribution in [0.15, 0.2) is 85.7 Å². The van der Waals surface area contributed by atoms with Crippen molar-refractivity contribution in [1.82, 2.24) is 10.2 Å². The van der Waals surface area contributed by atoms with Gasteiger partial charge in [0, 0.05) is 12.4 Å². The minimum absolute atomic E-state index is 0.198. The smallest absolute Gasteiger partial charge is 0.244 e. The molecule has 0 aliphatic heterocycles. The van der Waals surface area contributed by atoms with Crippen molar-refractivity contribution >= 4 is 18.1 Å². The molecule has 0 unspecified atom stereocenters. The van der Waals surface area contributed by atoms with Gasteiger partial charge < -0.3 is 10.2 Å². The van der Waals surface area contributed by atoms with Crippen LogP contribution in [0.5, 0.6) is 0 Å². The number of carbonyl (C=O) groups excluding carboxylic acids is 1. The van der Waals surface area contributed by atoms with E-state index in [-0.39, 0.29) is 5.91 Å². The van der Waals surface area contributed by atoms with Gasteiger partial charge in [-0.2, -0.15) is 0 Å². The molecule has 0 atom stereocenters. The van der Waals surface area contributed by atoms with E-state index in [2.05, 4.69) is 11.9 Å². The summed E-state index contributed by atoms with van der Waals surface area (Å²) in [4.78, 5) is 13.3. The summed E-state index contributed by atoms with van der Waals surface area (Å²) in [5, 5.41) is 2.77. The summed E-state index contributed by atoms with van der Waals surface area (Å²) in [7, 11) is 0. The molecular weight excluding hydrogens is 284 g/mol. The Balaban J connectivity index is 2.07. The van der Waals surface area contributed by atoms with E-state index < -0.39 is 0 Å². The number of amides is 1. The number of carbonyl (C=O) groups is 1. The fourth-order valence-electron chi connectivity index (χ4n) is 1.89. The number of benzene rings is 2. The van der Waals surface area contributed by atoms with Crippen molar-refractivity contribution in [2.24, 2.45) is 0 Å². The van der Waals surface area contributed by atoms with Crippen LogP contribution in [-0.2, 0) is 4.79 Å². The zero-order valence-corrected chi connectivity index (χ0v) is 12.9. The molecule has 0 aliphatic carbocycles. The molecule has 1 amide bonds. The highest BCUT2D eigenvalue weighted by molar-refractivity contribution is 5.86.